The summed E-state index contributed by atoms with van der Waals surface area (Å²) in [5.74, 6) is 0.746. The molecule has 1 unspecified atom stereocenters. The highest BCUT2D eigenvalue weighted by Crippen LogP contribution is 2.53. The fraction of sp³-hybridized carbons (Fsp3) is 0.833. The highest BCUT2D eigenvalue weighted by atomic mass is 16.5. The first-order valence-corrected chi connectivity index (χ1v) is 11.9. The van der Waals surface area contributed by atoms with Crippen LogP contribution in [0.1, 0.15) is 70.6 Å². The second kappa shape index (κ2) is 10.0. The molecular weight excluding hydrogens is 390 g/mol. The molecule has 2 heterocycles. The Hall–Kier alpha value is -1.44. The van der Waals surface area contributed by atoms with E-state index in [-0.39, 0.29) is 28.8 Å². The molecule has 1 amide bonds. The molecule has 1 aromatic heterocycles. The Kier molecular flexibility index (Phi) is 7.81. The summed E-state index contributed by atoms with van der Waals surface area (Å²) < 4.78 is 6.44. The second-order valence-electron chi connectivity index (χ2n) is 11.0. The molecule has 3 N–H and O–H groups in total. The Morgan fingerprint density at radius 3 is 2.84 bits per heavy atom. The zero-order chi connectivity index (χ0) is 22.6. The molecule has 7 heteroatoms. The van der Waals surface area contributed by atoms with E-state index in [0.29, 0.717) is 12.5 Å². The van der Waals surface area contributed by atoms with Crippen LogP contribution >= 0.6 is 0 Å². The first-order valence-electron chi connectivity index (χ1n) is 11.9. The van der Waals surface area contributed by atoms with Gasteiger partial charge in [-0.15, -0.1) is 0 Å². The van der Waals surface area contributed by atoms with Gasteiger partial charge in [0.1, 0.15) is 0 Å². The first-order chi connectivity index (χ1) is 14.7. The van der Waals surface area contributed by atoms with Crippen molar-refractivity contribution in [3.63, 3.8) is 0 Å². The van der Waals surface area contributed by atoms with E-state index < -0.39 is 0 Å². The monoisotopic (exact) mass is 433 g/mol. The van der Waals surface area contributed by atoms with E-state index in [1.807, 2.05) is 13.2 Å². The van der Waals surface area contributed by atoms with E-state index in [1.165, 1.54) is 5.56 Å². The van der Waals surface area contributed by atoms with Crippen molar-refractivity contribution in [2.45, 2.75) is 71.4 Å². The van der Waals surface area contributed by atoms with Gasteiger partial charge < -0.3 is 20.3 Å². The highest BCUT2D eigenvalue weighted by molar-refractivity contribution is 5.80. The molecule has 1 aliphatic heterocycles. The van der Waals surface area contributed by atoms with E-state index in [0.717, 1.165) is 57.6 Å². The van der Waals surface area contributed by atoms with Gasteiger partial charge in [0, 0.05) is 43.9 Å². The molecule has 0 radical (unpaired) electrons. The quantitative estimate of drug-likeness (QED) is 0.558. The minimum absolute atomic E-state index is 0.122. The summed E-state index contributed by atoms with van der Waals surface area (Å²) in [4.78, 5) is 15.6. The molecule has 176 valence electrons. The van der Waals surface area contributed by atoms with Crippen LogP contribution in [0, 0.1) is 17.3 Å². The van der Waals surface area contributed by atoms with Crippen molar-refractivity contribution in [1.82, 2.24) is 25.7 Å². The first kappa shape index (κ1) is 24.2. The minimum Gasteiger partial charge on any atom is -0.374 e. The number of ether oxygens (including phenoxy) is 1. The third kappa shape index (κ3) is 5.88. The van der Waals surface area contributed by atoms with Crippen molar-refractivity contribution in [1.29, 1.82) is 0 Å². The van der Waals surface area contributed by atoms with Gasteiger partial charge in [0.15, 0.2) is 0 Å². The average molecular weight is 434 g/mol. The predicted molar refractivity (Wildman–Crippen MR) is 124 cm³/mol. The summed E-state index contributed by atoms with van der Waals surface area (Å²) in [6, 6.07) is 0. The summed E-state index contributed by atoms with van der Waals surface area (Å²) in [5.41, 5.74) is 2.16. The minimum atomic E-state index is -0.332. The van der Waals surface area contributed by atoms with E-state index in [9.17, 15) is 4.79 Å². The number of nitrogens with one attached hydrogen (secondary N) is 3. The number of carbonyl (C=O) groups is 1. The van der Waals surface area contributed by atoms with Gasteiger partial charge in [-0.05, 0) is 51.1 Å². The van der Waals surface area contributed by atoms with Gasteiger partial charge >= 0.3 is 0 Å². The summed E-state index contributed by atoms with van der Waals surface area (Å²) in [7, 11) is 4.12. The van der Waals surface area contributed by atoms with Crippen LogP contribution in [-0.2, 0) is 16.1 Å². The number of carbonyl (C=O) groups excluding carboxylic acids is 1. The molecule has 3 atom stereocenters. The van der Waals surface area contributed by atoms with Crippen molar-refractivity contribution in [2.75, 3.05) is 40.3 Å². The Labute approximate surface area is 188 Å². The lowest BCUT2D eigenvalue weighted by atomic mass is 9.65. The fourth-order valence-electron chi connectivity index (χ4n) is 5.35. The van der Waals surface area contributed by atoms with Crippen LogP contribution in [-0.4, -0.2) is 66.9 Å². The third-order valence-electron chi connectivity index (χ3n) is 6.92. The lowest BCUT2D eigenvalue weighted by Gasteiger charge is -2.43. The molecule has 1 spiro atoms. The Balaban J connectivity index is 1.77. The van der Waals surface area contributed by atoms with E-state index in [4.69, 9.17) is 4.74 Å². The molecule has 1 saturated heterocycles. The van der Waals surface area contributed by atoms with Gasteiger partial charge in [-0.1, -0.05) is 27.7 Å². The predicted octanol–water partition coefficient (Wildman–Crippen LogP) is 2.90. The van der Waals surface area contributed by atoms with Crippen molar-refractivity contribution in [2.24, 2.45) is 17.3 Å². The maximum Gasteiger partial charge on any atom is 0.226 e. The summed E-state index contributed by atoms with van der Waals surface area (Å²) >= 11 is 0. The van der Waals surface area contributed by atoms with Crippen molar-refractivity contribution >= 4 is 5.91 Å². The van der Waals surface area contributed by atoms with E-state index in [2.05, 4.69) is 60.5 Å². The van der Waals surface area contributed by atoms with Crippen LogP contribution in [0.4, 0.5) is 0 Å². The number of hydrogen-bond acceptors (Lipinski definition) is 5. The number of nitrogens with zero attached hydrogens (tertiary/aromatic N) is 2. The topological polar surface area (TPSA) is 82.3 Å². The van der Waals surface area contributed by atoms with E-state index >= 15 is 0 Å². The normalized spacial score (nSPS) is 28.0. The smallest absolute Gasteiger partial charge is 0.226 e. The summed E-state index contributed by atoms with van der Waals surface area (Å²) in [5, 5.41) is 14.1. The van der Waals surface area contributed by atoms with Crippen LogP contribution in [0.5, 0.6) is 0 Å². The average Bonchev–Trinajstić information content (AvgIpc) is 3.29. The van der Waals surface area contributed by atoms with Crippen LogP contribution in [0.3, 0.4) is 0 Å². The molecule has 7 nitrogen and oxygen atoms in total. The number of H-pyrrole nitrogens is 1. The highest BCUT2D eigenvalue weighted by Gasteiger charge is 2.54. The van der Waals surface area contributed by atoms with Crippen molar-refractivity contribution < 1.29 is 9.53 Å². The lowest BCUT2D eigenvalue weighted by Crippen LogP contribution is -2.50. The van der Waals surface area contributed by atoms with Crippen LogP contribution in [0.15, 0.2) is 6.20 Å². The summed E-state index contributed by atoms with van der Waals surface area (Å²) in [6.07, 6.45) is 5.72. The number of aromatic nitrogens is 2. The number of amides is 1. The Bertz CT molecular complexity index is 731. The van der Waals surface area contributed by atoms with Crippen LogP contribution in [0.2, 0.25) is 0 Å². The van der Waals surface area contributed by atoms with Crippen molar-refractivity contribution in [3.8, 4) is 0 Å². The maximum atomic E-state index is 13.3. The van der Waals surface area contributed by atoms with Gasteiger partial charge in [-0.25, -0.2) is 0 Å². The molecule has 3 rings (SSSR count). The number of likely N-dealkylation sites (N-methyl/N-ethyl adjacent to an activating group) is 2. The van der Waals surface area contributed by atoms with Gasteiger partial charge in [0.2, 0.25) is 5.91 Å². The van der Waals surface area contributed by atoms with Gasteiger partial charge in [-0.2, -0.15) is 5.10 Å². The Morgan fingerprint density at radius 1 is 1.42 bits per heavy atom. The van der Waals surface area contributed by atoms with Gasteiger partial charge in [0.05, 0.1) is 23.8 Å². The molecule has 1 saturated carbocycles. The zero-order valence-electron chi connectivity index (χ0n) is 20.4. The van der Waals surface area contributed by atoms with Crippen LogP contribution < -0.4 is 10.6 Å². The maximum absolute atomic E-state index is 13.3. The molecule has 31 heavy (non-hydrogen) atoms. The number of aromatic amines is 1. The molecule has 2 aliphatic rings. The number of rotatable bonds is 9. The van der Waals surface area contributed by atoms with Crippen LogP contribution in [0.25, 0.3) is 0 Å². The van der Waals surface area contributed by atoms with Crippen molar-refractivity contribution in [3.05, 3.63) is 17.5 Å². The third-order valence-corrected chi connectivity index (χ3v) is 6.92. The van der Waals surface area contributed by atoms with E-state index in [1.54, 1.807) is 0 Å². The molecule has 1 aliphatic carbocycles. The molecule has 0 bridgehead atoms. The lowest BCUT2D eigenvalue weighted by molar-refractivity contribution is -0.141. The molecule has 1 aromatic rings. The molecule has 0 aromatic carbocycles. The fourth-order valence-corrected chi connectivity index (χ4v) is 5.35. The largest absolute Gasteiger partial charge is 0.374 e. The standard InChI is InChI=1S/C24H43N5O2/c1-17(2)12-26-22(30)20-11-18(7-8-24(20)15-23(3,4)16-31-24)21-19(13-27-28-21)14-29(6)10-9-25-5/h13,17-18,20,25H,7-12,14-16H2,1-6H3,(H,26,30)(H,27,28)/t18-,20?,24-/m1/s1. The van der Waals surface area contributed by atoms with Gasteiger partial charge in [0.25, 0.3) is 0 Å². The summed E-state index contributed by atoms with van der Waals surface area (Å²) in [6.45, 7) is 13.0. The second-order valence-corrected chi connectivity index (χ2v) is 11.0. The zero-order valence-corrected chi connectivity index (χ0v) is 20.4. The van der Waals surface area contributed by atoms with Gasteiger partial charge in [-0.3, -0.25) is 9.89 Å². The SMILES string of the molecule is CNCCN(C)Cc1c[nH]nc1[C@@H]1CC[C@@]2(CC(C)(C)CO2)C(C(=O)NCC(C)C)C1. The molecular formula is C24H43N5O2. The Morgan fingerprint density at radius 2 is 2.19 bits per heavy atom. The number of hydrogen-bond donors (Lipinski definition) is 3. The molecule has 2 fully saturated rings.